The number of benzene rings is 2. The molecule has 32 heavy (non-hydrogen) atoms. The van der Waals surface area contributed by atoms with E-state index in [1.807, 2.05) is 0 Å². The molecule has 2 heterocycles. The second-order valence-electron chi connectivity index (χ2n) is 6.49. The normalized spacial score (nSPS) is 11.2. The largest absolute Gasteiger partial charge is 0.496 e. The fraction of sp³-hybridized carbons (Fsp3) is 0.100. The molecule has 0 saturated carbocycles. The molecule has 0 aliphatic heterocycles. The maximum absolute atomic E-state index is 13.5. The highest BCUT2D eigenvalue weighted by atomic mass is 32.2. The third-order valence-corrected chi connectivity index (χ3v) is 6.50. The Morgan fingerprint density at radius 1 is 1.06 bits per heavy atom. The molecule has 9 nitrogen and oxygen atoms in total. The smallest absolute Gasteiger partial charge is 0.263 e. The number of aryl methyl sites for hydroxylation is 1. The Morgan fingerprint density at radius 2 is 1.84 bits per heavy atom. The number of rotatable bonds is 7. The van der Waals surface area contributed by atoms with Crippen LogP contribution in [0.2, 0.25) is 0 Å². The van der Waals surface area contributed by atoms with Crippen LogP contribution in [-0.4, -0.2) is 35.7 Å². The van der Waals surface area contributed by atoms with E-state index in [0.29, 0.717) is 27.7 Å². The lowest BCUT2D eigenvalue weighted by Crippen LogP contribution is -2.12. The topological polar surface area (TPSA) is 119 Å². The third-order valence-electron chi connectivity index (χ3n) is 4.26. The van der Waals surface area contributed by atoms with Gasteiger partial charge in [0.2, 0.25) is 11.1 Å². The number of hydrogen-bond acceptors (Lipinski definition) is 9. The van der Waals surface area contributed by atoms with Crippen LogP contribution in [0, 0.1) is 12.7 Å². The van der Waals surface area contributed by atoms with Gasteiger partial charge >= 0.3 is 0 Å². The maximum Gasteiger partial charge on any atom is 0.263 e. The van der Waals surface area contributed by atoms with Gasteiger partial charge in [0.1, 0.15) is 16.6 Å². The molecule has 0 radical (unpaired) electrons. The van der Waals surface area contributed by atoms with E-state index in [0.717, 1.165) is 11.3 Å². The zero-order chi connectivity index (χ0) is 22.7. The summed E-state index contributed by atoms with van der Waals surface area (Å²) < 4.78 is 46.1. The minimum absolute atomic E-state index is 0.0709. The van der Waals surface area contributed by atoms with Crippen molar-refractivity contribution in [3.63, 3.8) is 0 Å². The summed E-state index contributed by atoms with van der Waals surface area (Å²) in [4.78, 5) is 8.69. The van der Waals surface area contributed by atoms with Gasteiger partial charge in [0.05, 0.1) is 17.7 Å². The summed E-state index contributed by atoms with van der Waals surface area (Å²) in [5, 5.41) is 11.4. The second kappa shape index (κ2) is 8.85. The first-order valence-electron chi connectivity index (χ1n) is 9.21. The molecule has 0 fully saturated rings. The molecule has 164 valence electrons. The van der Waals surface area contributed by atoms with Gasteiger partial charge in [-0.1, -0.05) is 11.3 Å². The number of hydrogen-bond donors (Lipinski definition) is 2. The van der Waals surface area contributed by atoms with Crippen LogP contribution in [0.4, 0.5) is 21.2 Å². The predicted octanol–water partition coefficient (Wildman–Crippen LogP) is 4.00. The lowest BCUT2D eigenvalue weighted by atomic mass is 10.1. The van der Waals surface area contributed by atoms with Gasteiger partial charge in [0, 0.05) is 23.5 Å². The number of anilines is 3. The van der Waals surface area contributed by atoms with Crippen LogP contribution in [0.15, 0.2) is 59.6 Å². The Labute approximate surface area is 187 Å². The molecule has 0 aliphatic carbocycles. The summed E-state index contributed by atoms with van der Waals surface area (Å²) in [6.45, 7) is 1.74. The first-order chi connectivity index (χ1) is 15.3. The third kappa shape index (κ3) is 4.81. The Bertz CT molecular complexity index is 1360. The Kier molecular flexibility index (Phi) is 5.97. The molecule has 0 bridgehead atoms. The van der Waals surface area contributed by atoms with E-state index in [-0.39, 0.29) is 16.0 Å². The molecule has 4 rings (SSSR count). The van der Waals surface area contributed by atoms with Crippen molar-refractivity contribution < 1.29 is 17.5 Å². The van der Waals surface area contributed by atoms with E-state index in [2.05, 4.69) is 30.2 Å². The first-order valence-corrected chi connectivity index (χ1v) is 11.5. The molecule has 4 aromatic rings. The minimum Gasteiger partial charge on any atom is -0.496 e. The minimum atomic E-state index is -3.79. The number of nitrogens with zero attached hydrogens (tertiary/aromatic N) is 4. The van der Waals surface area contributed by atoms with E-state index < -0.39 is 15.8 Å². The van der Waals surface area contributed by atoms with Gasteiger partial charge in [-0.3, -0.25) is 4.72 Å². The second-order valence-corrected chi connectivity index (χ2v) is 9.36. The van der Waals surface area contributed by atoms with Crippen LogP contribution in [0.5, 0.6) is 5.75 Å². The lowest BCUT2D eigenvalue weighted by Gasteiger charge is -2.10. The number of sulfonamides is 1. The lowest BCUT2D eigenvalue weighted by molar-refractivity contribution is 0.413. The monoisotopic (exact) mass is 472 g/mol. The van der Waals surface area contributed by atoms with Crippen molar-refractivity contribution in [3.05, 3.63) is 65.6 Å². The van der Waals surface area contributed by atoms with E-state index >= 15 is 0 Å². The van der Waals surface area contributed by atoms with Crippen LogP contribution in [0.3, 0.4) is 0 Å². The van der Waals surface area contributed by atoms with Gasteiger partial charge in [-0.15, -0.1) is 10.2 Å². The molecular weight excluding hydrogens is 455 g/mol. The molecule has 0 aliphatic rings. The molecule has 2 N–H and O–H groups in total. The van der Waals surface area contributed by atoms with Crippen LogP contribution in [0.1, 0.15) is 5.01 Å². The van der Waals surface area contributed by atoms with Gasteiger partial charge in [-0.2, -0.15) is 0 Å². The van der Waals surface area contributed by atoms with Crippen molar-refractivity contribution in [2.75, 3.05) is 17.1 Å². The highest BCUT2D eigenvalue weighted by Gasteiger charge is 2.16. The van der Waals surface area contributed by atoms with Gasteiger partial charge < -0.3 is 10.1 Å². The Balaban J connectivity index is 1.52. The molecule has 0 amide bonds. The quantitative estimate of drug-likeness (QED) is 0.414. The van der Waals surface area contributed by atoms with Crippen molar-refractivity contribution in [1.82, 2.24) is 20.2 Å². The van der Waals surface area contributed by atoms with Gasteiger partial charge in [0.25, 0.3) is 10.0 Å². The maximum atomic E-state index is 13.5. The number of methoxy groups -OCH3 is 1. The van der Waals surface area contributed by atoms with E-state index in [1.165, 1.54) is 31.4 Å². The van der Waals surface area contributed by atoms with E-state index in [1.54, 1.807) is 37.4 Å². The molecule has 2 aromatic heterocycles. The SMILES string of the molecule is COc1cc(F)ccc1-c1ccnc(Nc2ccc(S(=O)(=O)Nc3nnc(C)s3)cc2)n1. The summed E-state index contributed by atoms with van der Waals surface area (Å²) in [6.07, 6.45) is 1.56. The molecule has 0 saturated heterocycles. The summed E-state index contributed by atoms with van der Waals surface area (Å²) in [5.74, 6) is 0.220. The number of nitrogens with one attached hydrogen (secondary N) is 2. The van der Waals surface area contributed by atoms with Crippen LogP contribution in [0.25, 0.3) is 11.3 Å². The highest BCUT2D eigenvalue weighted by molar-refractivity contribution is 7.93. The summed E-state index contributed by atoms with van der Waals surface area (Å²) in [5.41, 5.74) is 1.73. The average molecular weight is 473 g/mol. The van der Waals surface area contributed by atoms with Crippen LogP contribution >= 0.6 is 11.3 Å². The first kappa shape index (κ1) is 21.6. The Hall–Kier alpha value is -3.64. The summed E-state index contributed by atoms with van der Waals surface area (Å²) >= 11 is 1.15. The molecule has 0 atom stereocenters. The van der Waals surface area contributed by atoms with Gasteiger partial charge in [-0.05, 0) is 49.4 Å². The number of halogens is 1. The zero-order valence-electron chi connectivity index (χ0n) is 16.9. The van der Waals surface area contributed by atoms with E-state index in [9.17, 15) is 12.8 Å². The van der Waals surface area contributed by atoms with Crippen molar-refractivity contribution in [3.8, 4) is 17.0 Å². The fourth-order valence-electron chi connectivity index (χ4n) is 2.80. The molecule has 0 unspecified atom stereocenters. The summed E-state index contributed by atoms with van der Waals surface area (Å²) in [6, 6.07) is 11.9. The van der Waals surface area contributed by atoms with E-state index in [4.69, 9.17) is 4.74 Å². The zero-order valence-corrected chi connectivity index (χ0v) is 18.5. The fourth-order valence-corrected chi connectivity index (χ4v) is 4.63. The van der Waals surface area contributed by atoms with Crippen molar-refractivity contribution in [2.24, 2.45) is 0 Å². The molecule has 12 heteroatoms. The standard InChI is InChI=1S/C20H17FN6O3S2/c1-12-25-26-20(31-12)27-32(28,29)15-6-4-14(5-7-15)23-19-22-10-9-17(24-19)16-8-3-13(21)11-18(16)30-2/h3-11H,1-2H3,(H,26,27)(H,22,23,24). The van der Waals surface area contributed by atoms with Crippen LogP contribution in [-0.2, 0) is 10.0 Å². The molecular formula is C20H17FN6O3S2. The van der Waals surface area contributed by atoms with Crippen molar-refractivity contribution >= 4 is 38.1 Å². The predicted molar refractivity (Wildman–Crippen MR) is 119 cm³/mol. The van der Waals surface area contributed by atoms with Gasteiger partial charge in [-0.25, -0.2) is 22.8 Å². The molecule has 2 aromatic carbocycles. The molecule has 0 spiro atoms. The van der Waals surface area contributed by atoms with Crippen molar-refractivity contribution in [1.29, 1.82) is 0 Å². The van der Waals surface area contributed by atoms with Crippen molar-refractivity contribution in [2.45, 2.75) is 11.8 Å². The number of aromatic nitrogens is 4. The van der Waals surface area contributed by atoms with Crippen LogP contribution < -0.4 is 14.8 Å². The van der Waals surface area contributed by atoms with Gasteiger partial charge in [0.15, 0.2) is 0 Å². The average Bonchev–Trinajstić information content (AvgIpc) is 3.18. The Morgan fingerprint density at radius 3 is 2.53 bits per heavy atom. The highest BCUT2D eigenvalue weighted by Crippen LogP contribution is 2.30. The summed E-state index contributed by atoms with van der Waals surface area (Å²) in [7, 11) is -2.34. The number of ether oxygens (including phenoxy) is 1.